The number of nitrogens with one attached hydrogen (secondary N) is 3. The van der Waals surface area contributed by atoms with Gasteiger partial charge in [0.15, 0.2) is 5.82 Å². The molecule has 0 radical (unpaired) electrons. The maximum absolute atomic E-state index is 13.2. The van der Waals surface area contributed by atoms with Gasteiger partial charge in [0, 0.05) is 15.4 Å². The van der Waals surface area contributed by atoms with Crippen molar-refractivity contribution in [1.82, 2.24) is 15.1 Å². The molecule has 0 aliphatic carbocycles. The van der Waals surface area contributed by atoms with Crippen molar-refractivity contribution < 1.29 is 14.1 Å². The summed E-state index contributed by atoms with van der Waals surface area (Å²) in [7, 11) is 0. The number of aromatic nitrogens is 3. The zero-order valence-corrected chi connectivity index (χ0v) is 20.6. The van der Waals surface area contributed by atoms with Crippen molar-refractivity contribution in [3.8, 4) is 17.1 Å². The standard InChI is InChI=1S/C24H16Br2N4O4/c25-14-9-10-17(16(11-14)22-29-24(32)34-30-22)27-23(31)21-19(26)15-7-4-8-18(20(15)28-21)33-12-13-5-2-1-3-6-13/h1-11,28H,12H2,(H,27,31)(H,29,30,32). The number of nitrogens with zero attached hydrogens (tertiary/aromatic N) is 1. The van der Waals surface area contributed by atoms with Crippen LogP contribution in [0.4, 0.5) is 5.69 Å². The highest BCUT2D eigenvalue weighted by Gasteiger charge is 2.20. The van der Waals surface area contributed by atoms with Crippen LogP contribution in [-0.2, 0) is 6.61 Å². The second-order valence-electron chi connectivity index (χ2n) is 7.35. The zero-order chi connectivity index (χ0) is 23.7. The molecule has 0 bridgehead atoms. The zero-order valence-electron chi connectivity index (χ0n) is 17.4. The molecule has 0 aliphatic heterocycles. The number of anilines is 1. The third-order valence-electron chi connectivity index (χ3n) is 5.12. The molecule has 2 heterocycles. The molecule has 0 saturated carbocycles. The first-order chi connectivity index (χ1) is 16.5. The highest BCUT2D eigenvalue weighted by atomic mass is 79.9. The van der Waals surface area contributed by atoms with Crippen molar-refractivity contribution in [3.05, 3.63) is 97.5 Å². The van der Waals surface area contributed by atoms with Gasteiger partial charge in [0.2, 0.25) is 0 Å². The van der Waals surface area contributed by atoms with Gasteiger partial charge in [-0.3, -0.25) is 14.3 Å². The first-order valence-corrected chi connectivity index (χ1v) is 11.7. The summed E-state index contributed by atoms with van der Waals surface area (Å²) in [6, 6.07) is 20.7. The molecule has 3 aromatic carbocycles. The van der Waals surface area contributed by atoms with Crippen molar-refractivity contribution in [1.29, 1.82) is 0 Å². The first-order valence-electron chi connectivity index (χ1n) is 10.1. The Balaban J connectivity index is 1.45. The molecule has 1 amide bonds. The van der Waals surface area contributed by atoms with Gasteiger partial charge in [-0.15, -0.1) is 0 Å². The normalized spacial score (nSPS) is 11.0. The number of ether oxygens (including phenoxy) is 1. The minimum Gasteiger partial charge on any atom is -0.487 e. The molecule has 5 aromatic rings. The summed E-state index contributed by atoms with van der Waals surface area (Å²) in [6.07, 6.45) is 0. The molecule has 8 nitrogen and oxygen atoms in total. The highest BCUT2D eigenvalue weighted by molar-refractivity contribution is 9.11. The predicted molar refractivity (Wildman–Crippen MR) is 135 cm³/mol. The lowest BCUT2D eigenvalue weighted by molar-refractivity contribution is 0.102. The van der Waals surface area contributed by atoms with E-state index in [0.717, 1.165) is 15.4 Å². The molecule has 170 valence electrons. The Labute approximate surface area is 209 Å². The van der Waals surface area contributed by atoms with Crippen molar-refractivity contribution in [2.45, 2.75) is 6.61 Å². The molecule has 0 spiro atoms. The van der Waals surface area contributed by atoms with Crippen LogP contribution < -0.4 is 15.8 Å². The van der Waals surface area contributed by atoms with E-state index in [9.17, 15) is 9.59 Å². The first kappa shape index (κ1) is 22.2. The van der Waals surface area contributed by atoms with Crippen LogP contribution in [0, 0.1) is 0 Å². The topological polar surface area (TPSA) is 113 Å². The van der Waals surface area contributed by atoms with Crippen molar-refractivity contribution in [3.63, 3.8) is 0 Å². The molecule has 2 aromatic heterocycles. The number of hydrogen-bond donors (Lipinski definition) is 3. The monoisotopic (exact) mass is 582 g/mol. The van der Waals surface area contributed by atoms with Gasteiger partial charge in [-0.05, 0) is 45.8 Å². The lowest BCUT2D eigenvalue weighted by atomic mass is 10.1. The molecule has 0 aliphatic rings. The summed E-state index contributed by atoms with van der Waals surface area (Å²) in [5, 5.41) is 7.42. The second-order valence-corrected chi connectivity index (χ2v) is 9.06. The molecular formula is C24H16Br2N4O4. The van der Waals surface area contributed by atoms with Crippen molar-refractivity contribution in [2.75, 3.05) is 5.32 Å². The molecule has 0 unspecified atom stereocenters. The molecule has 3 N–H and O–H groups in total. The second kappa shape index (κ2) is 9.32. The number of rotatable bonds is 6. The van der Waals surface area contributed by atoms with E-state index in [1.807, 2.05) is 48.5 Å². The Morgan fingerprint density at radius 2 is 1.85 bits per heavy atom. The van der Waals surface area contributed by atoms with Gasteiger partial charge >= 0.3 is 5.76 Å². The van der Waals surface area contributed by atoms with Gasteiger partial charge in [0.05, 0.1) is 15.7 Å². The average molecular weight is 584 g/mol. The number of hydrogen-bond acceptors (Lipinski definition) is 5. The van der Waals surface area contributed by atoms with E-state index < -0.39 is 5.76 Å². The van der Waals surface area contributed by atoms with Gasteiger partial charge in [-0.25, -0.2) is 4.79 Å². The number of H-pyrrole nitrogens is 2. The van der Waals surface area contributed by atoms with Crippen LogP contribution in [0.5, 0.6) is 5.75 Å². The molecule has 0 atom stereocenters. The van der Waals surface area contributed by atoms with Gasteiger partial charge in [-0.2, -0.15) is 0 Å². The van der Waals surface area contributed by atoms with Crippen LogP contribution in [-0.4, -0.2) is 21.0 Å². The van der Waals surface area contributed by atoms with Gasteiger partial charge < -0.3 is 15.0 Å². The Kier molecular flexibility index (Phi) is 6.08. The number of benzene rings is 3. The van der Waals surface area contributed by atoms with Gasteiger partial charge in [-0.1, -0.05) is 63.6 Å². The number of carbonyl (C=O) groups is 1. The fourth-order valence-electron chi connectivity index (χ4n) is 3.52. The van der Waals surface area contributed by atoms with E-state index in [0.29, 0.717) is 39.3 Å². The quantitative estimate of drug-likeness (QED) is 0.231. The number of halogens is 2. The largest absolute Gasteiger partial charge is 0.487 e. The summed E-state index contributed by atoms with van der Waals surface area (Å²) >= 11 is 6.94. The van der Waals surface area contributed by atoms with Gasteiger partial charge in [0.25, 0.3) is 5.91 Å². The lowest BCUT2D eigenvalue weighted by Crippen LogP contribution is -2.14. The molecule has 0 fully saturated rings. The summed E-state index contributed by atoms with van der Waals surface area (Å²) in [6.45, 7) is 0.399. The summed E-state index contributed by atoms with van der Waals surface area (Å²) in [5.74, 6) is -0.236. The fraction of sp³-hybridized carbons (Fsp3) is 0.0417. The Morgan fingerprint density at radius 1 is 1.03 bits per heavy atom. The van der Waals surface area contributed by atoms with E-state index in [1.165, 1.54) is 0 Å². The fourth-order valence-corrected chi connectivity index (χ4v) is 4.49. The van der Waals surface area contributed by atoms with E-state index in [1.54, 1.807) is 18.2 Å². The van der Waals surface area contributed by atoms with E-state index in [-0.39, 0.29) is 11.7 Å². The summed E-state index contributed by atoms with van der Waals surface area (Å²) < 4.78 is 12.0. The van der Waals surface area contributed by atoms with E-state index in [2.05, 4.69) is 56.8 Å². The van der Waals surface area contributed by atoms with Crippen LogP contribution in [0.3, 0.4) is 0 Å². The SMILES string of the molecule is O=C(Nc1ccc(Br)cc1-c1noc(=O)[nH]1)c1[nH]c2c(OCc3ccccc3)cccc2c1Br. The predicted octanol–water partition coefficient (Wildman–Crippen LogP) is 5.87. The van der Waals surface area contributed by atoms with Crippen molar-refractivity contribution in [2.24, 2.45) is 0 Å². The Hall–Kier alpha value is -3.63. The molecule has 10 heteroatoms. The van der Waals surface area contributed by atoms with Crippen LogP contribution in [0.25, 0.3) is 22.3 Å². The minimum atomic E-state index is -0.686. The third-order valence-corrected chi connectivity index (χ3v) is 6.44. The molecular weight excluding hydrogens is 568 g/mol. The molecule has 0 saturated heterocycles. The lowest BCUT2D eigenvalue weighted by Gasteiger charge is -2.09. The maximum atomic E-state index is 13.2. The number of aromatic amines is 2. The van der Waals surface area contributed by atoms with Crippen LogP contribution in [0.15, 0.2) is 85.0 Å². The number of amides is 1. The maximum Gasteiger partial charge on any atom is 0.439 e. The smallest absolute Gasteiger partial charge is 0.439 e. The molecule has 5 rings (SSSR count). The van der Waals surface area contributed by atoms with Crippen molar-refractivity contribution >= 4 is 54.4 Å². The highest BCUT2D eigenvalue weighted by Crippen LogP contribution is 2.35. The van der Waals surface area contributed by atoms with Crippen LogP contribution in [0.1, 0.15) is 16.1 Å². The number of para-hydroxylation sites is 1. The Bertz CT molecular complexity index is 1560. The number of carbonyl (C=O) groups excluding carboxylic acids is 1. The summed E-state index contributed by atoms with van der Waals surface area (Å²) in [5.41, 5.74) is 3.01. The molecule has 34 heavy (non-hydrogen) atoms. The average Bonchev–Trinajstić information content (AvgIpc) is 3.43. The van der Waals surface area contributed by atoms with Crippen LogP contribution in [0.2, 0.25) is 0 Å². The van der Waals surface area contributed by atoms with E-state index >= 15 is 0 Å². The van der Waals surface area contributed by atoms with Crippen LogP contribution >= 0.6 is 31.9 Å². The van der Waals surface area contributed by atoms with Gasteiger partial charge in [0.1, 0.15) is 18.1 Å². The Morgan fingerprint density at radius 3 is 2.62 bits per heavy atom. The number of fused-ring (bicyclic) bond motifs is 1. The summed E-state index contributed by atoms with van der Waals surface area (Å²) in [4.78, 5) is 30.3. The van der Waals surface area contributed by atoms with E-state index in [4.69, 9.17) is 4.74 Å². The third kappa shape index (κ3) is 4.42. The minimum absolute atomic E-state index is 0.203.